The SMILES string of the molecule is CCOCC(NC(=O)N1CCCC(C)C1C(=O)O)C(C)C. The van der Waals surface area contributed by atoms with Gasteiger partial charge in [0.15, 0.2) is 0 Å². The summed E-state index contributed by atoms with van der Waals surface area (Å²) in [6.45, 7) is 9.35. The Kier molecular flexibility index (Phi) is 6.95. The highest BCUT2D eigenvalue weighted by Crippen LogP contribution is 2.23. The minimum absolute atomic E-state index is 0.0219. The van der Waals surface area contributed by atoms with Gasteiger partial charge in [0.2, 0.25) is 0 Å². The molecule has 6 heteroatoms. The van der Waals surface area contributed by atoms with Gasteiger partial charge in [0.05, 0.1) is 12.6 Å². The van der Waals surface area contributed by atoms with Crippen LogP contribution < -0.4 is 5.32 Å². The Morgan fingerprint density at radius 1 is 1.43 bits per heavy atom. The molecule has 122 valence electrons. The first kappa shape index (κ1) is 17.8. The molecule has 0 aromatic heterocycles. The molecular weight excluding hydrogens is 272 g/mol. The van der Waals surface area contributed by atoms with Gasteiger partial charge in [-0.05, 0) is 31.6 Å². The number of nitrogens with one attached hydrogen (secondary N) is 1. The Balaban J connectivity index is 2.72. The first-order valence-corrected chi connectivity index (χ1v) is 7.76. The summed E-state index contributed by atoms with van der Waals surface area (Å²) >= 11 is 0. The van der Waals surface area contributed by atoms with Crippen LogP contribution in [0, 0.1) is 11.8 Å². The van der Waals surface area contributed by atoms with Crippen molar-refractivity contribution in [2.75, 3.05) is 19.8 Å². The summed E-state index contributed by atoms with van der Waals surface area (Å²) in [7, 11) is 0. The molecule has 2 amide bonds. The first-order chi connectivity index (χ1) is 9.88. The van der Waals surface area contributed by atoms with Crippen LogP contribution in [0.25, 0.3) is 0 Å². The Labute approximate surface area is 126 Å². The van der Waals surface area contributed by atoms with Crippen molar-refractivity contribution < 1.29 is 19.4 Å². The molecule has 1 saturated heterocycles. The number of urea groups is 1. The highest BCUT2D eigenvalue weighted by Gasteiger charge is 2.37. The normalized spacial score (nSPS) is 24.0. The van der Waals surface area contributed by atoms with E-state index in [0.717, 1.165) is 12.8 Å². The van der Waals surface area contributed by atoms with Crippen molar-refractivity contribution in [2.45, 2.75) is 52.6 Å². The first-order valence-electron chi connectivity index (χ1n) is 7.76. The largest absolute Gasteiger partial charge is 0.480 e. The number of hydrogen-bond donors (Lipinski definition) is 2. The number of ether oxygens (including phenoxy) is 1. The molecule has 0 aromatic rings. The molecule has 0 radical (unpaired) electrons. The number of piperidine rings is 1. The second-order valence-electron chi connectivity index (χ2n) is 6.06. The van der Waals surface area contributed by atoms with Crippen molar-refractivity contribution in [3.05, 3.63) is 0 Å². The molecule has 3 unspecified atom stereocenters. The Hall–Kier alpha value is -1.30. The number of carboxylic acids is 1. The lowest BCUT2D eigenvalue weighted by Crippen LogP contribution is -2.57. The molecule has 3 atom stereocenters. The topological polar surface area (TPSA) is 78.9 Å². The van der Waals surface area contributed by atoms with E-state index in [-0.39, 0.29) is 23.9 Å². The molecule has 2 N–H and O–H groups in total. The molecule has 0 spiro atoms. The van der Waals surface area contributed by atoms with Gasteiger partial charge in [-0.1, -0.05) is 20.8 Å². The van der Waals surface area contributed by atoms with Crippen molar-refractivity contribution in [3.8, 4) is 0 Å². The predicted octanol–water partition coefficient (Wildman–Crippen LogP) is 1.94. The van der Waals surface area contributed by atoms with Crippen LogP contribution >= 0.6 is 0 Å². The molecule has 1 aliphatic rings. The van der Waals surface area contributed by atoms with Gasteiger partial charge in [-0.25, -0.2) is 9.59 Å². The number of likely N-dealkylation sites (tertiary alicyclic amines) is 1. The molecule has 0 bridgehead atoms. The van der Waals surface area contributed by atoms with E-state index < -0.39 is 12.0 Å². The van der Waals surface area contributed by atoms with E-state index >= 15 is 0 Å². The molecule has 0 saturated carbocycles. The van der Waals surface area contributed by atoms with Gasteiger partial charge >= 0.3 is 12.0 Å². The zero-order valence-electron chi connectivity index (χ0n) is 13.5. The number of carbonyl (C=O) groups is 2. The second kappa shape index (κ2) is 8.22. The Bertz CT molecular complexity index is 360. The van der Waals surface area contributed by atoms with E-state index in [1.54, 1.807) is 0 Å². The molecular formula is C15H28N2O4. The van der Waals surface area contributed by atoms with Crippen molar-refractivity contribution in [3.63, 3.8) is 0 Å². The van der Waals surface area contributed by atoms with Crippen molar-refractivity contribution in [1.29, 1.82) is 0 Å². The zero-order valence-corrected chi connectivity index (χ0v) is 13.5. The fraction of sp³-hybridized carbons (Fsp3) is 0.867. The number of nitrogens with zero attached hydrogens (tertiary/aromatic N) is 1. The van der Waals surface area contributed by atoms with Gasteiger partial charge in [0, 0.05) is 13.2 Å². The van der Waals surface area contributed by atoms with Gasteiger partial charge < -0.3 is 20.1 Å². The molecule has 0 aliphatic carbocycles. The van der Waals surface area contributed by atoms with Gasteiger partial charge in [-0.15, -0.1) is 0 Å². The number of carbonyl (C=O) groups excluding carboxylic acids is 1. The highest BCUT2D eigenvalue weighted by molar-refractivity contribution is 5.83. The van der Waals surface area contributed by atoms with Gasteiger partial charge in [-0.3, -0.25) is 0 Å². The van der Waals surface area contributed by atoms with Crippen LogP contribution in [0.5, 0.6) is 0 Å². The summed E-state index contributed by atoms with van der Waals surface area (Å²) < 4.78 is 5.39. The summed E-state index contributed by atoms with van der Waals surface area (Å²) in [5.41, 5.74) is 0. The molecule has 21 heavy (non-hydrogen) atoms. The average molecular weight is 300 g/mol. The fourth-order valence-electron chi connectivity index (χ4n) is 2.68. The minimum atomic E-state index is -0.928. The van der Waals surface area contributed by atoms with Crippen LogP contribution in [0.1, 0.15) is 40.5 Å². The summed E-state index contributed by atoms with van der Waals surface area (Å²) in [5, 5.41) is 12.3. The van der Waals surface area contributed by atoms with Gasteiger partial charge in [-0.2, -0.15) is 0 Å². The Morgan fingerprint density at radius 2 is 2.10 bits per heavy atom. The van der Waals surface area contributed by atoms with Crippen LogP contribution in [0.15, 0.2) is 0 Å². The lowest BCUT2D eigenvalue weighted by molar-refractivity contribution is -0.145. The summed E-state index contributed by atoms with van der Waals surface area (Å²) in [5.74, 6) is -0.722. The van der Waals surface area contributed by atoms with E-state index in [1.165, 1.54) is 4.90 Å². The number of hydrogen-bond acceptors (Lipinski definition) is 3. The lowest BCUT2D eigenvalue weighted by atomic mass is 9.91. The fourth-order valence-corrected chi connectivity index (χ4v) is 2.68. The van der Waals surface area contributed by atoms with Crippen LogP contribution in [0.2, 0.25) is 0 Å². The van der Waals surface area contributed by atoms with Crippen LogP contribution in [0.3, 0.4) is 0 Å². The number of amides is 2. The lowest BCUT2D eigenvalue weighted by Gasteiger charge is -2.38. The molecule has 1 rings (SSSR count). The van der Waals surface area contributed by atoms with Gasteiger partial charge in [0.25, 0.3) is 0 Å². The van der Waals surface area contributed by atoms with E-state index in [2.05, 4.69) is 5.32 Å². The molecule has 6 nitrogen and oxygen atoms in total. The maximum Gasteiger partial charge on any atom is 0.326 e. The molecule has 0 aromatic carbocycles. The third kappa shape index (κ3) is 4.88. The molecule has 1 fully saturated rings. The monoisotopic (exact) mass is 300 g/mol. The van der Waals surface area contributed by atoms with E-state index in [0.29, 0.717) is 19.8 Å². The highest BCUT2D eigenvalue weighted by atomic mass is 16.5. The van der Waals surface area contributed by atoms with Crippen LogP contribution in [0.4, 0.5) is 4.79 Å². The van der Waals surface area contributed by atoms with Crippen molar-refractivity contribution >= 4 is 12.0 Å². The second-order valence-corrected chi connectivity index (χ2v) is 6.06. The molecule has 1 heterocycles. The minimum Gasteiger partial charge on any atom is -0.480 e. The van der Waals surface area contributed by atoms with E-state index in [1.807, 2.05) is 27.7 Å². The summed E-state index contributed by atoms with van der Waals surface area (Å²) in [6, 6.07) is -1.14. The Morgan fingerprint density at radius 3 is 2.62 bits per heavy atom. The third-order valence-electron chi connectivity index (χ3n) is 4.06. The van der Waals surface area contributed by atoms with Crippen LogP contribution in [-0.4, -0.2) is 53.8 Å². The zero-order chi connectivity index (χ0) is 16.0. The summed E-state index contributed by atoms with van der Waals surface area (Å²) in [6.07, 6.45) is 1.68. The number of rotatable bonds is 6. The smallest absolute Gasteiger partial charge is 0.326 e. The summed E-state index contributed by atoms with van der Waals surface area (Å²) in [4.78, 5) is 25.3. The van der Waals surface area contributed by atoms with E-state index in [4.69, 9.17) is 4.74 Å². The standard InChI is InChI=1S/C15H28N2O4/c1-5-21-9-12(10(2)3)16-15(20)17-8-6-7-11(4)13(17)14(18)19/h10-13H,5-9H2,1-4H3,(H,16,20)(H,18,19). The van der Waals surface area contributed by atoms with Crippen molar-refractivity contribution in [2.24, 2.45) is 11.8 Å². The van der Waals surface area contributed by atoms with Gasteiger partial charge in [0.1, 0.15) is 6.04 Å². The van der Waals surface area contributed by atoms with E-state index in [9.17, 15) is 14.7 Å². The maximum atomic E-state index is 12.4. The maximum absolute atomic E-state index is 12.4. The van der Waals surface area contributed by atoms with Crippen molar-refractivity contribution in [1.82, 2.24) is 10.2 Å². The molecule has 1 aliphatic heterocycles. The number of aliphatic carboxylic acids is 1. The number of carboxylic acid groups (broad SMARTS) is 1. The van der Waals surface area contributed by atoms with Crippen LogP contribution in [-0.2, 0) is 9.53 Å². The quantitative estimate of drug-likeness (QED) is 0.786. The average Bonchev–Trinajstić information content (AvgIpc) is 2.42. The third-order valence-corrected chi connectivity index (χ3v) is 4.06. The predicted molar refractivity (Wildman–Crippen MR) is 80.2 cm³/mol.